The third kappa shape index (κ3) is 2.58. The van der Waals surface area contributed by atoms with E-state index < -0.39 is 12.1 Å². The standard InChI is InChI=1S/C14H13N3O4/c18-13(19)12-10-8-17(7-6-11(10)15-16-12)14(20)21-9-4-2-1-3-5-9/h1-5H,6-8H2,(H,15,16)(H,18,19). The topological polar surface area (TPSA) is 95.5 Å². The summed E-state index contributed by atoms with van der Waals surface area (Å²) in [6, 6.07) is 8.75. The quantitative estimate of drug-likeness (QED) is 0.875. The molecule has 0 saturated carbocycles. The smallest absolute Gasteiger partial charge is 0.415 e. The van der Waals surface area contributed by atoms with E-state index in [1.807, 2.05) is 6.07 Å². The van der Waals surface area contributed by atoms with Crippen molar-refractivity contribution in [3.8, 4) is 5.75 Å². The number of amides is 1. The first-order chi connectivity index (χ1) is 10.1. The highest BCUT2D eigenvalue weighted by molar-refractivity contribution is 5.87. The second-order valence-corrected chi connectivity index (χ2v) is 4.69. The Morgan fingerprint density at radius 3 is 2.76 bits per heavy atom. The van der Waals surface area contributed by atoms with Gasteiger partial charge in [-0.1, -0.05) is 18.2 Å². The number of hydrogen-bond acceptors (Lipinski definition) is 4. The van der Waals surface area contributed by atoms with Crippen molar-refractivity contribution in [2.45, 2.75) is 13.0 Å². The molecule has 2 heterocycles. The summed E-state index contributed by atoms with van der Waals surface area (Å²) in [4.78, 5) is 24.7. The van der Waals surface area contributed by atoms with Crippen molar-refractivity contribution in [1.29, 1.82) is 0 Å². The van der Waals surface area contributed by atoms with E-state index >= 15 is 0 Å². The molecule has 2 aromatic rings. The zero-order valence-electron chi connectivity index (χ0n) is 11.1. The van der Waals surface area contributed by atoms with Gasteiger partial charge in [-0.05, 0) is 12.1 Å². The van der Waals surface area contributed by atoms with Gasteiger partial charge in [-0.15, -0.1) is 0 Å². The molecule has 1 aliphatic rings. The van der Waals surface area contributed by atoms with Gasteiger partial charge >= 0.3 is 12.1 Å². The lowest BCUT2D eigenvalue weighted by Gasteiger charge is -2.25. The van der Waals surface area contributed by atoms with Crippen LogP contribution in [-0.2, 0) is 13.0 Å². The Balaban J connectivity index is 1.75. The summed E-state index contributed by atoms with van der Waals surface area (Å²) in [5, 5.41) is 15.6. The highest BCUT2D eigenvalue weighted by atomic mass is 16.6. The number of rotatable bonds is 2. The lowest BCUT2D eigenvalue weighted by atomic mass is 10.1. The van der Waals surface area contributed by atoms with E-state index in [1.54, 1.807) is 24.3 Å². The van der Waals surface area contributed by atoms with Crippen LogP contribution in [0.3, 0.4) is 0 Å². The molecular weight excluding hydrogens is 274 g/mol. The van der Waals surface area contributed by atoms with Gasteiger partial charge in [-0.3, -0.25) is 5.10 Å². The molecule has 21 heavy (non-hydrogen) atoms. The molecule has 0 fully saturated rings. The number of nitrogens with zero attached hydrogens (tertiary/aromatic N) is 2. The molecule has 1 aromatic heterocycles. The zero-order valence-corrected chi connectivity index (χ0v) is 11.1. The fraction of sp³-hybridized carbons (Fsp3) is 0.214. The predicted octanol–water partition coefficient (Wildman–Crippen LogP) is 1.67. The molecule has 108 valence electrons. The van der Waals surface area contributed by atoms with Crippen molar-refractivity contribution in [2.75, 3.05) is 6.54 Å². The Morgan fingerprint density at radius 1 is 1.29 bits per heavy atom. The number of benzene rings is 1. The minimum atomic E-state index is -1.11. The van der Waals surface area contributed by atoms with Crippen LogP contribution in [0.4, 0.5) is 4.79 Å². The van der Waals surface area contributed by atoms with Gasteiger partial charge in [0.1, 0.15) is 5.75 Å². The number of H-pyrrole nitrogens is 1. The highest BCUT2D eigenvalue weighted by Gasteiger charge is 2.28. The molecule has 1 aromatic carbocycles. The van der Waals surface area contributed by atoms with Crippen molar-refractivity contribution >= 4 is 12.1 Å². The lowest BCUT2D eigenvalue weighted by molar-refractivity contribution is 0.0687. The van der Waals surface area contributed by atoms with E-state index in [2.05, 4.69) is 10.2 Å². The number of aromatic nitrogens is 2. The molecule has 0 atom stereocenters. The normalized spacial score (nSPS) is 13.6. The molecule has 7 heteroatoms. The minimum absolute atomic E-state index is 0.0396. The number of nitrogens with one attached hydrogen (secondary N) is 1. The van der Waals surface area contributed by atoms with Gasteiger partial charge in [-0.25, -0.2) is 9.59 Å². The van der Waals surface area contributed by atoms with Crippen LogP contribution < -0.4 is 4.74 Å². The number of aromatic carboxylic acids is 1. The molecule has 0 bridgehead atoms. The van der Waals surface area contributed by atoms with Gasteiger partial charge in [0.25, 0.3) is 0 Å². The Labute approximate surface area is 120 Å². The summed E-state index contributed by atoms with van der Waals surface area (Å²) in [6.07, 6.45) is 0.0313. The van der Waals surface area contributed by atoms with E-state index in [9.17, 15) is 9.59 Å². The second kappa shape index (κ2) is 5.28. The number of aromatic amines is 1. The third-order valence-electron chi connectivity index (χ3n) is 3.34. The molecule has 0 spiro atoms. The highest BCUT2D eigenvalue weighted by Crippen LogP contribution is 2.21. The molecule has 2 N–H and O–H groups in total. The maximum atomic E-state index is 12.1. The number of carbonyl (C=O) groups excluding carboxylic acids is 1. The van der Waals surface area contributed by atoms with Crippen LogP contribution in [0.25, 0.3) is 0 Å². The molecule has 0 unspecified atom stereocenters. The number of carbonyl (C=O) groups is 2. The molecule has 1 aliphatic heterocycles. The van der Waals surface area contributed by atoms with Crippen LogP contribution >= 0.6 is 0 Å². The van der Waals surface area contributed by atoms with Crippen LogP contribution in [0, 0.1) is 0 Å². The van der Waals surface area contributed by atoms with Gasteiger partial charge in [0.05, 0.1) is 6.54 Å². The van der Waals surface area contributed by atoms with Crippen LogP contribution in [0.5, 0.6) is 5.75 Å². The summed E-state index contributed by atoms with van der Waals surface area (Å²) in [5.74, 6) is -0.648. The van der Waals surface area contributed by atoms with Crippen LogP contribution in [-0.4, -0.2) is 38.8 Å². The summed E-state index contributed by atoms with van der Waals surface area (Å²) < 4.78 is 5.25. The number of ether oxygens (including phenoxy) is 1. The molecule has 0 radical (unpaired) electrons. The van der Waals surface area contributed by atoms with E-state index in [1.165, 1.54) is 4.90 Å². The number of hydrogen-bond donors (Lipinski definition) is 2. The summed E-state index contributed by atoms with van der Waals surface area (Å²) in [6.45, 7) is 0.638. The third-order valence-corrected chi connectivity index (χ3v) is 3.34. The summed E-state index contributed by atoms with van der Waals surface area (Å²) >= 11 is 0. The Kier molecular flexibility index (Phi) is 3.31. The van der Waals surface area contributed by atoms with Gasteiger partial charge in [0, 0.05) is 24.2 Å². The molecule has 7 nitrogen and oxygen atoms in total. The molecule has 1 amide bonds. The second-order valence-electron chi connectivity index (χ2n) is 4.69. The number of carboxylic acid groups (broad SMARTS) is 1. The zero-order chi connectivity index (χ0) is 14.8. The average molecular weight is 287 g/mol. The van der Waals surface area contributed by atoms with Gasteiger partial charge in [-0.2, -0.15) is 5.10 Å². The molecular formula is C14H13N3O4. The minimum Gasteiger partial charge on any atom is -0.476 e. The van der Waals surface area contributed by atoms with Crippen molar-refractivity contribution < 1.29 is 19.4 Å². The van der Waals surface area contributed by atoms with Crippen molar-refractivity contribution in [3.05, 3.63) is 47.3 Å². The van der Waals surface area contributed by atoms with Gasteiger partial charge in [0.2, 0.25) is 0 Å². The van der Waals surface area contributed by atoms with Gasteiger partial charge < -0.3 is 14.7 Å². The SMILES string of the molecule is O=C(O)c1n[nH]c2c1CN(C(=O)Oc1ccccc1)CC2. The summed E-state index contributed by atoms with van der Waals surface area (Å²) in [5.41, 5.74) is 1.26. The first-order valence-electron chi connectivity index (χ1n) is 6.46. The number of carboxylic acids is 1. The number of fused-ring (bicyclic) bond motifs is 1. The predicted molar refractivity (Wildman–Crippen MR) is 72.1 cm³/mol. The monoisotopic (exact) mass is 287 g/mol. The molecule has 3 rings (SSSR count). The van der Waals surface area contributed by atoms with E-state index in [0.29, 0.717) is 24.3 Å². The van der Waals surface area contributed by atoms with Crippen LogP contribution in [0.2, 0.25) is 0 Å². The van der Waals surface area contributed by atoms with Crippen molar-refractivity contribution in [3.63, 3.8) is 0 Å². The fourth-order valence-corrected chi connectivity index (χ4v) is 2.28. The molecule has 0 aliphatic carbocycles. The maximum absolute atomic E-state index is 12.1. The van der Waals surface area contributed by atoms with E-state index in [4.69, 9.17) is 9.84 Å². The van der Waals surface area contributed by atoms with Crippen LogP contribution in [0.15, 0.2) is 30.3 Å². The van der Waals surface area contributed by atoms with E-state index in [-0.39, 0.29) is 12.2 Å². The average Bonchev–Trinajstić information content (AvgIpc) is 2.91. The molecule has 0 saturated heterocycles. The van der Waals surface area contributed by atoms with Crippen molar-refractivity contribution in [2.24, 2.45) is 0 Å². The van der Waals surface area contributed by atoms with E-state index in [0.717, 1.165) is 5.69 Å². The first kappa shape index (κ1) is 13.2. The Morgan fingerprint density at radius 2 is 2.05 bits per heavy atom. The first-order valence-corrected chi connectivity index (χ1v) is 6.46. The van der Waals surface area contributed by atoms with Crippen molar-refractivity contribution in [1.82, 2.24) is 15.1 Å². The van der Waals surface area contributed by atoms with Crippen LogP contribution in [0.1, 0.15) is 21.7 Å². The number of para-hydroxylation sites is 1. The largest absolute Gasteiger partial charge is 0.476 e. The van der Waals surface area contributed by atoms with Gasteiger partial charge in [0.15, 0.2) is 5.69 Å². The fourth-order valence-electron chi connectivity index (χ4n) is 2.28. The lowest BCUT2D eigenvalue weighted by Crippen LogP contribution is -2.38. The Hall–Kier alpha value is -2.83. The maximum Gasteiger partial charge on any atom is 0.415 e. The summed E-state index contributed by atoms with van der Waals surface area (Å²) in [7, 11) is 0. The Bertz CT molecular complexity index is 681.